The van der Waals surface area contributed by atoms with Gasteiger partial charge in [-0.1, -0.05) is 6.07 Å². The smallest absolute Gasteiger partial charge is 0.271 e. The number of fused-ring (bicyclic) bond motifs is 1. The molecule has 176 valence electrons. The van der Waals surface area contributed by atoms with Crippen LogP contribution in [0.3, 0.4) is 0 Å². The van der Waals surface area contributed by atoms with Gasteiger partial charge in [0.1, 0.15) is 9.79 Å². The van der Waals surface area contributed by atoms with Gasteiger partial charge in [0.2, 0.25) is 11.2 Å². The molecule has 35 heavy (non-hydrogen) atoms. The van der Waals surface area contributed by atoms with Gasteiger partial charge in [-0.15, -0.1) is 11.3 Å². The molecule has 9 nitrogen and oxygen atoms in total. The molecular weight excluding hydrogens is 492 g/mol. The first kappa shape index (κ1) is 22.4. The number of anilines is 1. The van der Waals surface area contributed by atoms with Gasteiger partial charge in [0.05, 0.1) is 16.0 Å². The number of rotatable bonds is 5. The van der Waals surface area contributed by atoms with Crippen LogP contribution < -0.4 is 10.2 Å². The van der Waals surface area contributed by atoms with E-state index in [9.17, 15) is 28.5 Å². The van der Waals surface area contributed by atoms with Crippen molar-refractivity contribution in [3.63, 3.8) is 0 Å². The summed E-state index contributed by atoms with van der Waals surface area (Å²) in [6.07, 6.45) is 1.62. The second-order valence-electron chi connectivity index (χ2n) is 7.46. The highest BCUT2D eigenvalue weighted by Gasteiger charge is 2.20. The summed E-state index contributed by atoms with van der Waals surface area (Å²) in [6.45, 7) is 0. The third-order valence-electron chi connectivity index (χ3n) is 5.12. The number of aromatic hydroxyl groups is 3. The zero-order valence-electron chi connectivity index (χ0n) is 17.7. The molecule has 0 aliphatic carbocycles. The van der Waals surface area contributed by atoms with Gasteiger partial charge in [0.25, 0.3) is 10.0 Å². The number of nitrogens with zero attached hydrogens (tertiary/aromatic N) is 1. The summed E-state index contributed by atoms with van der Waals surface area (Å²) in [4.78, 5) is 17.7. The van der Waals surface area contributed by atoms with E-state index in [1.807, 2.05) is 0 Å². The molecule has 0 amide bonds. The fourth-order valence-corrected chi connectivity index (χ4v) is 5.76. The monoisotopic (exact) mass is 508 g/mol. The van der Waals surface area contributed by atoms with E-state index in [2.05, 4.69) is 9.71 Å². The normalized spacial score (nSPS) is 11.5. The van der Waals surface area contributed by atoms with Crippen LogP contribution in [0.1, 0.15) is 0 Å². The van der Waals surface area contributed by atoms with Crippen LogP contribution in [-0.2, 0) is 10.0 Å². The van der Waals surface area contributed by atoms with E-state index < -0.39 is 27.0 Å². The van der Waals surface area contributed by atoms with Crippen molar-refractivity contribution in [2.24, 2.45) is 0 Å². The average Bonchev–Trinajstić information content (AvgIpc) is 3.35. The van der Waals surface area contributed by atoms with Gasteiger partial charge in [-0.05, 0) is 60.7 Å². The molecule has 0 radical (unpaired) electrons. The Morgan fingerprint density at radius 1 is 0.914 bits per heavy atom. The summed E-state index contributed by atoms with van der Waals surface area (Å²) in [5, 5.41) is 29.6. The molecule has 0 unspecified atom stereocenters. The van der Waals surface area contributed by atoms with Crippen LogP contribution in [0.15, 0.2) is 86.3 Å². The first-order valence-electron chi connectivity index (χ1n) is 10.1. The van der Waals surface area contributed by atoms with Crippen molar-refractivity contribution >= 4 is 38.0 Å². The number of hydrogen-bond donors (Lipinski definition) is 4. The molecule has 11 heteroatoms. The van der Waals surface area contributed by atoms with Gasteiger partial charge in [-0.3, -0.25) is 14.5 Å². The number of hydrogen-bond acceptors (Lipinski definition) is 9. The SMILES string of the molecule is O=c1c(O)c(-c2ccc(O)c(O)c2)oc2ccc(NS(=O)(=O)c3ccc(-c4ccccn4)s3)cc12. The zero-order valence-corrected chi connectivity index (χ0v) is 19.3. The number of benzene rings is 2. The average molecular weight is 509 g/mol. The van der Waals surface area contributed by atoms with E-state index >= 15 is 0 Å². The maximum Gasteiger partial charge on any atom is 0.271 e. The lowest BCUT2D eigenvalue weighted by atomic mass is 10.1. The predicted molar refractivity (Wildman–Crippen MR) is 131 cm³/mol. The summed E-state index contributed by atoms with van der Waals surface area (Å²) in [6, 6.07) is 16.3. The number of thiophene rings is 1. The van der Waals surface area contributed by atoms with Crippen LogP contribution in [0.5, 0.6) is 17.2 Å². The van der Waals surface area contributed by atoms with Gasteiger partial charge < -0.3 is 19.7 Å². The molecule has 0 spiro atoms. The first-order valence-corrected chi connectivity index (χ1v) is 12.4. The summed E-state index contributed by atoms with van der Waals surface area (Å²) in [5.41, 5.74) is 0.223. The van der Waals surface area contributed by atoms with E-state index in [-0.39, 0.29) is 37.9 Å². The van der Waals surface area contributed by atoms with Crippen molar-refractivity contribution in [3.8, 4) is 39.1 Å². The molecule has 0 aliphatic rings. The molecule has 0 fully saturated rings. The Labute approximate surface area is 202 Å². The molecule has 5 aromatic rings. The zero-order chi connectivity index (χ0) is 24.7. The summed E-state index contributed by atoms with van der Waals surface area (Å²) in [5.74, 6) is -1.74. The molecule has 2 aromatic carbocycles. The van der Waals surface area contributed by atoms with E-state index in [4.69, 9.17) is 4.42 Å². The number of sulfonamides is 1. The highest BCUT2D eigenvalue weighted by molar-refractivity contribution is 7.94. The second-order valence-corrected chi connectivity index (χ2v) is 10.5. The van der Waals surface area contributed by atoms with E-state index in [1.165, 1.54) is 36.4 Å². The molecule has 0 aliphatic heterocycles. The molecule has 0 saturated heterocycles. The lowest BCUT2D eigenvalue weighted by molar-refractivity contribution is 0.403. The maximum absolute atomic E-state index is 12.9. The van der Waals surface area contributed by atoms with Crippen molar-refractivity contribution < 1.29 is 28.2 Å². The number of phenolic OH excluding ortho intramolecular Hbond substituents is 2. The third kappa shape index (κ3) is 4.18. The molecular formula is C24H16N2O7S2. The van der Waals surface area contributed by atoms with Crippen LogP contribution in [0.2, 0.25) is 0 Å². The number of pyridine rings is 1. The van der Waals surface area contributed by atoms with E-state index in [0.717, 1.165) is 17.4 Å². The van der Waals surface area contributed by atoms with Crippen molar-refractivity contribution in [1.82, 2.24) is 4.98 Å². The first-order chi connectivity index (χ1) is 16.7. The Balaban J connectivity index is 1.49. The minimum Gasteiger partial charge on any atom is -0.504 e. The fraction of sp³-hybridized carbons (Fsp3) is 0. The predicted octanol–water partition coefficient (Wildman–Crippen LogP) is 4.50. The van der Waals surface area contributed by atoms with E-state index in [0.29, 0.717) is 10.6 Å². The fourth-order valence-electron chi connectivity index (χ4n) is 3.43. The Kier molecular flexibility index (Phi) is 5.42. The van der Waals surface area contributed by atoms with Crippen LogP contribution in [0, 0.1) is 0 Å². The third-order valence-corrected chi connectivity index (χ3v) is 8.10. The van der Waals surface area contributed by atoms with Gasteiger partial charge in [-0.25, -0.2) is 8.42 Å². The maximum atomic E-state index is 12.9. The Morgan fingerprint density at radius 2 is 1.74 bits per heavy atom. The molecule has 3 heterocycles. The largest absolute Gasteiger partial charge is 0.504 e. The summed E-state index contributed by atoms with van der Waals surface area (Å²) in [7, 11) is -3.96. The highest BCUT2D eigenvalue weighted by atomic mass is 32.2. The molecule has 5 rings (SSSR count). The van der Waals surface area contributed by atoms with Gasteiger partial charge in [0, 0.05) is 17.4 Å². The Hall–Kier alpha value is -4.35. The van der Waals surface area contributed by atoms with Crippen LogP contribution >= 0.6 is 11.3 Å². The van der Waals surface area contributed by atoms with Gasteiger partial charge >= 0.3 is 0 Å². The number of nitrogens with one attached hydrogen (secondary N) is 1. The number of phenols is 2. The molecule has 3 aromatic heterocycles. The molecule has 0 bridgehead atoms. The van der Waals surface area contributed by atoms with Crippen LogP contribution in [-0.4, -0.2) is 28.7 Å². The van der Waals surface area contributed by atoms with Gasteiger partial charge in [0.15, 0.2) is 17.3 Å². The van der Waals surface area contributed by atoms with Crippen molar-refractivity contribution in [1.29, 1.82) is 0 Å². The highest BCUT2D eigenvalue weighted by Crippen LogP contribution is 2.36. The second kappa shape index (κ2) is 8.46. The van der Waals surface area contributed by atoms with Gasteiger partial charge in [-0.2, -0.15) is 0 Å². The lowest BCUT2D eigenvalue weighted by Gasteiger charge is -2.09. The molecule has 4 N–H and O–H groups in total. The quantitative estimate of drug-likeness (QED) is 0.253. The Morgan fingerprint density at radius 3 is 2.49 bits per heavy atom. The van der Waals surface area contributed by atoms with Crippen LogP contribution in [0.25, 0.3) is 32.9 Å². The minimum atomic E-state index is -3.96. The standard InChI is InChI=1S/C24H16N2O7S2/c27-17-6-4-13(11-18(17)28)24-23(30)22(29)15-12-14(5-7-19(15)33-24)26-35(31,32)21-9-8-20(34-21)16-3-1-2-10-25-16/h1-12,26-28,30H. The Bertz CT molecular complexity index is 1740. The molecule has 0 atom stereocenters. The van der Waals surface area contributed by atoms with E-state index in [1.54, 1.807) is 30.5 Å². The lowest BCUT2D eigenvalue weighted by Crippen LogP contribution is -2.12. The summed E-state index contributed by atoms with van der Waals surface area (Å²) >= 11 is 1.05. The minimum absolute atomic E-state index is 0.0465. The van der Waals surface area contributed by atoms with Crippen molar-refractivity contribution in [2.75, 3.05) is 4.72 Å². The van der Waals surface area contributed by atoms with Crippen molar-refractivity contribution in [3.05, 3.63) is 83.2 Å². The number of aromatic nitrogens is 1. The summed E-state index contributed by atoms with van der Waals surface area (Å²) < 4.78 is 34.0. The molecule has 0 saturated carbocycles. The van der Waals surface area contributed by atoms with Crippen LogP contribution in [0.4, 0.5) is 5.69 Å². The topological polar surface area (TPSA) is 150 Å². The van der Waals surface area contributed by atoms with Crippen molar-refractivity contribution in [2.45, 2.75) is 4.21 Å².